The standard InChI is InChI=1S/C20H14Cl2N2O2S/c1-10-5-7-13(19(25)23-10)20(26)24-18-12-8-6-11(21)9-16(12)27-15-4-2-3-14(22)17(15)18/h2-9,18H,1H3,(H,23,25)(H,24,26). The lowest BCUT2D eigenvalue weighted by atomic mass is 9.97. The van der Waals surface area contributed by atoms with Gasteiger partial charge in [-0.05, 0) is 48.9 Å². The van der Waals surface area contributed by atoms with Gasteiger partial charge in [0.1, 0.15) is 5.56 Å². The number of hydrogen-bond acceptors (Lipinski definition) is 3. The third-order valence-electron chi connectivity index (χ3n) is 4.38. The Morgan fingerprint density at radius 3 is 2.70 bits per heavy atom. The number of aryl methyl sites for hydroxylation is 1. The second-order valence-corrected chi connectivity index (χ2v) is 8.15. The monoisotopic (exact) mass is 416 g/mol. The number of H-pyrrole nitrogens is 1. The Balaban J connectivity index is 1.80. The highest BCUT2D eigenvalue weighted by molar-refractivity contribution is 7.99. The van der Waals surface area contributed by atoms with Crippen molar-refractivity contribution in [3.05, 3.63) is 91.3 Å². The molecule has 0 spiro atoms. The number of nitrogens with one attached hydrogen (secondary N) is 2. The van der Waals surface area contributed by atoms with E-state index in [0.29, 0.717) is 15.7 Å². The molecule has 1 aliphatic heterocycles. The van der Waals surface area contributed by atoms with E-state index in [-0.39, 0.29) is 5.56 Å². The van der Waals surface area contributed by atoms with Crippen molar-refractivity contribution >= 4 is 40.9 Å². The molecule has 1 amide bonds. The first kappa shape index (κ1) is 18.2. The number of carbonyl (C=O) groups excluding carboxylic acids is 1. The van der Waals surface area contributed by atoms with E-state index in [9.17, 15) is 9.59 Å². The van der Waals surface area contributed by atoms with Crippen molar-refractivity contribution < 1.29 is 4.79 Å². The quantitative estimate of drug-likeness (QED) is 0.619. The molecular formula is C20H14Cl2N2O2S. The van der Waals surface area contributed by atoms with Gasteiger partial charge in [-0.1, -0.05) is 47.1 Å². The van der Waals surface area contributed by atoms with Crippen molar-refractivity contribution in [2.45, 2.75) is 22.8 Å². The molecule has 2 heterocycles. The molecule has 3 aromatic rings. The van der Waals surface area contributed by atoms with Crippen molar-refractivity contribution in [2.24, 2.45) is 0 Å². The summed E-state index contributed by atoms with van der Waals surface area (Å²) in [7, 11) is 0. The van der Waals surface area contributed by atoms with Crippen molar-refractivity contribution in [1.82, 2.24) is 10.3 Å². The van der Waals surface area contributed by atoms with Gasteiger partial charge in [0.25, 0.3) is 11.5 Å². The zero-order valence-electron chi connectivity index (χ0n) is 14.2. The summed E-state index contributed by atoms with van der Waals surface area (Å²) in [6.45, 7) is 1.76. The maximum atomic E-state index is 12.8. The van der Waals surface area contributed by atoms with E-state index in [1.165, 1.54) is 6.07 Å². The van der Waals surface area contributed by atoms with Gasteiger partial charge in [0.05, 0.1) is 6.04 Å². The SMILES string of the molecule is Cc1ccc(C(=O)NC2c3ccc(Cl)cc3Sc3cccc(Cl)c32)c(=O)[nH]1. The number of aromatic amines is 1. The number of aromatic nitrogens is 1. The van der Waals surface area contributed by atoms with Crippen molar-refractivity contribution in [3.63, 3.8) is 0 Å². The molecule has 1 atom stereocenters. The minimum atomic E-state index is -0.476. The maximum Gasteiger partial charge on any atom is 0.260 e. The summed E-state index contributed by atoms with van der Waals surface area (Å²) in [5.41, 5.74) is 2.04. The lowest BCUT2D eigenvalue weighted by Crippen LogP contribution is -2.34. The van der Waals surface area contributed by atoms with E-state index >= 15 is 0 Å². The van der Waals surface area contributed by atoms with Gasteiger partial charge in [-0.25, -0.2) is 0 Å². The van der Waals surface area contributed by atoms with Crippen LogP contribution in [0.15, 0.2) is 63.1 Å². The van der Waals surface area contributed by atoms with Gasteiger partial charge in [-0.3, -0.25) is 9.59 Å². The van der Waals surface area contributed by atoms with Gasteiger partial charge >= 0.3 is 0 Å². The highest BCUT2D eigenvalue weighted by Gasteiger charge is 2.30. The first-order chi connectivity index (χ1) is 12.9. The third kappa shape index (κ3) is 3.38. The Bertz CT molecular complexity index is 1130. The number of carbonyl (C=O) groups is 1. The second-order valence-electron chi connectivity index (χ2n) is 6.23. The van der Waals surface area contributed by atoms with Crippen LogP contribution in [-0.4, -0.2) is 10.9 Å². The molecule has 0 saturated heterocycles. The number of rotatable bonds is 2. The van der Waals surface area contributed by atoms with E-state index < -0.39 is 17.5 Å². The fourth-order valence-corrected chi connectivity index (χ4v) is 4.89. The molecule has 0 aliphatic carbocycles. The van der Waals surface area contributed by atoms with E-state index in [1.807, 2.05) is 24.3 Å². The zero-order chi connectivity index (χ0) is 19.1. The molecule has 1 unspecified atom stereocenters. The van der Waals surface area contributed by atoms with Crippen LogP contribution in [0, 0.1) is 6.92 Å². The van der Waals surface area contributed by atoms with Crippen LogP contribution in [-0.2, 0) is 0 Å². The van der Waals surface area contributed by atoms with Gasteiger partial charge in [-0.15, -0.1) is 0 Å². The van der Waals surface area contributed by atoms with E-state index in [0.717, 1.165) is 20.9 Å². The predicted molar refractivity (Wildman–Crippen MR) is 108 cm³/mol. The fourth-order valence-electron chi connectivity index (χ4n) is 3.11. The predicted octanol–water partition coefficient (Wildman–Crippen LogP) is 4.97. The molecule has 136 valence electrons. The molecule has 0 radical (unpaired) electrons. The topological polar surface area (TPSA) is 62.0 Å². The maximum absolute atomic E-state index is 12.8. The molecular weight excluding hydrogens is 403 g/mol. The summed E-state index contributed by atoms with van der Waals surface area (Å²) in [6, 6.07) is 13.9. The molecule has 4 nitrogen and oxygen atoms in total. The van der Waals surface area contributed by atoms with Gasteiger partial charge < -0.3 is 10.3 Å². The Labute approximate surface area is 169 Å². The summed E-state index contributed by atoms with van der Waals surface area (Å²) < 4.78 is 0. The summed E-state index contributed by atoms with van der Waals surface area (Å²) >= 11 is 14.2. The molecule has 2 N–H and O–H groups in total. The lowest BCUT2D eigenvalue weighted by Gasteiger charge is -2.29. The highest BCUT2D eigenvalue weighted by Crippen LogP contribution is 2.47. The summed E-state index contributed by atoms with van der Waals surface area (Å²) in [5.74, 6) is -0.458. The Morgan fingerprint density at radius 1 is 1.11 bits per heavy atom. The first-order valence-electron chi connectivity index (χ1n) is 8.20. The largest absolute Gasteiger partial charge is 0.341 e. The molecule has 27 heavy (non-hydrogen) atoms. The number of halogens is 2. The lowest BCUT2D eigenvalue weighted by molar-refractivity contribution is 0.0940. The molecule has 1 aliphatic rings. The van der Waals surface area contributed by atoms with Gasteiger partial charge in [0, 0.05) is 31.1 Å². The molecule has 0 fully saturated rings. The van der Waals surface area contributed by atoms with Crippen LogP contribution in [0.4, 0.5) is 0 Å². The number of pyridine rings is 1. The number of amides is 1. The summed E-state index contributed by atoms with van der Waals surface area (Å²) in [4.78, 5) is 29.5. The van der Waals surface area contributed by atoms with Crippen LogP contribution in [0.25, 0.3) is 0 Å². The zero-order valence-corrected chi connectivity index (χ0v) is 16.5. The number of fused-ring (bicyclic) bond motifs is 2. The van der Waals surface area contributed by atoms with Crippen molar-refractivity contribution in [3.8, 4) is 0 Å². The van der Waals surface area contributed by atoms with Crippen LogP contribution >= 0.6 is 35.0 Å². The minimum absolute atomic E-state index is 0.0583. The molecule has 4 rings (SSSR count). The van der Waals surface area contributed by atoms with Gasteiger partial charge in [0.2, 0.25) is 0 Å². The van der Waals surface area contributed by atoms with Crippen LogP contribution < -0.4 is 10.9 Å². The highest BCUT2D eigenvalue weighted by atomic mass is 35.5. The molecule has 2 aromatic carbocycles. The summed E-state index contributed by atoms with van der Waals surface area (Å²) in [5, 5.41) is 4.14. The smallest absolute Gasteiger partial charge is 0.260 e. The van der Waals surface area contributed by atoms with E-state index in [4.69, 9.17) is 23.2 Å². The third-order valence-corrected chi connectivity index (χ3v) is 6.10. The fraction of sp³-hybridized carbons (Fsp3) is 0.100. The van der Waals surface area contributed by atoms with E-state index in [1.54, 1.807) is 36.9 Å². The Kier molecular flexibility index (Phi) is 4.76. The van der Waals surface area contributed by atoms with Gasteiger partial charge in [-0.2, -0.15) is 0 Å². The molecule has 0 bridgehead atoms. The second kappa shape index (κ2) is 7.08. The van der Waals surface area contributed by atoms with Crippen LogP contribution in [0.3, 0.4) is 0 Å². The average molecular weight is 417 g/mol. The Hall–Kier alpha value is -2.21. The van der Waals surface area contributed by atoms with Crippen molar-refractivity contribution in [1.29, 1.82) is 0 Å². The van der Waals surface area contributed by atoms with Crippen LogP contribution in [0.2, 0.25) is 10.0 Å². The summed E-state index contributed by atoms with van der Waals surface area (Å²) in [6.07, 6.45) is 0. The molecule has 7 heteroatoms. The van der Waals surface area contributed by atoms with Gasteiger partial charge in [0.15, 0.2) is 0 Å². The van der Waals surface area contributed by atoms with Crippen LogP contribution in [0.5, 0.6) is 0 Å². The molecule has 1 aromatic heterocycles. The molecule has 0 saturated carbocycles. The number of benzene rings is 2. The van der Waals surface area contributed by atoms with Crippen LogP contribution in [0.1, 0.15) is 33.2 Å². The minimum Gasteiger partial charge on any atom is -0.341 e. The average Bonchev–Trinajstić information content (AvgIpc) is 2.61. The van der Waals surface area contributed by atoms with E-state index in [2.05, 4.69) is 10.3 Å². The Morgan fingerprint density at radius 2 is 1.93 bits per heavy atom. The normalized spacial score (nSPS) is 15.0. The first-order valence-corrected chi connectivity index (χ1v) is 9.78. The number of hydrogen-bond donors (Lipinski definition) is 2. The van der Waals surface area contributed by atoms with Crippen molar-refractivity contribution in [2.75, 3.05) is 0 Å².